The summed E-state index contributed by atoms with van der Waals surface area (Å²) in [6.45, 7) is 0.236. The molecule has 0 spiro atoms. The predicted octanol–water partition coefficient (Wildman–Crippen LogP) is 0.441. The zero-order valence-electron chi connectivity index (χ0n) is 9.26. The number of carbonyl (C=O) groups is 2. The van der Waals surface area contributed by atoms with Gasteiger partial charge in [0.15, 0.2) is 6.61 Å². The molecule has 92 valence electrons. The Labute approximate surface area is 98.6 Å². The molecule has 17 heavy (non-hydrogen) atoms. The lowest BCUT2D eigenvalue weighted by atomic mass is 10.3. The average Bonchev–Trinajstić information content (AvgIpc) is 2.33. The minimum Gasteiger partial charge on any atom is -0.482 e. The molecule has 1 aromatic heterocycles. The first-order valence-electron chi connectivity index (χ1n) is 5.20. The number of nitrogens with one attached hydrogen (secondary N) is 1. The highest BCUT2D eigenvalue weighted by atomic mass is 16.5. The van der Waals surface area contributed by atoms with Gasteiger partial charge in [0.2, 0.25) is 0 Å². The van der Waals surface area contributed by atoms with Crippen molar-refractivity contribution in [2.24, 2.45) is 0 Å². The standard InChI is InChI=1S/C11H14N2O4/c14-10(13-6-2-4-11(15)16)8-17-9-3-1-5-12-7-9/h1,3,5,7H,2,4,6,8H2,(H,13,14)(H,15,16). The van der Waals surface area contributed by atoms with Crippen LogP contribution in [0.1, 0.15) is 12.8 Å². The van der Waals surface area contributed by atoms with Crippen LogP contribution in [0.3, 0.4) is 0 Å². The van der Waals surface area contributed by atoms with E-state index < -0.39 is 5.97 Å². The van der Waals surface area contributed by atoms with Crippen molar-refractivity contribution in [3.63, 3.8) is 0 Å². The summed E-state index contributed by atoms with van der Waals surface area (Å²) in [5.41, 5.74) is 0. The predicted molar refractivity (Wildman–Crippen MR) is 59.6 cm³/mol. The average molecular weight is 238 g/mol. The number of aromatic nitrogens is 1. The van der Waals surface area contributed by atoms with Gasteiger partial charge in [-0.3, -0.25) is 14.6 Å². The molecule has 6 nitrogen and oxygen atoms in total. The highest BCUT2D eigenvalue weighted by Gasteiger charge is 2.02. The smallest absolute Gasteiger partial charge is 0.303 e. The Morgan fingerprint density at radius 1 is 1.47 bits per heavy atom. The van der Waals surface area contributed by atoms with Crippen molar-refractivity contribution < 1.29 is 19.4 Å². The van der Waals surface area contributed by atoms with E-state index in [0.29, 0.717) is 18.7 Å². The topological polar surface area (TPSA) is 88.5 Å². The fourth-order valence-electron chi connectivity index (χ4n) is 1.10. The number of hydrogen-bond acceptors (Lipinski definition) is 4. The molecule has 1 heterocycles. The number of pyridine rings is 1. The molecular formula is C11H14N2O4. The minimum atomic E-state index is -0.870. The molecule has 0 unspecified atom stereocenters. The van der Waals surface area contributed by atoms with Gasteiger partial charge in [-0.2, -0.15) is 0 Å². The number of amides is 1. The van der Waals surface area contributed by atoms with E-state index in [2.05, 4.69) is 10.3 Å². The number of rotatable bonds is 7. The first-order chi connectivity index (χ1) is 8.18. The molecule has 0 aliphatic heterocycles. The fraction of sp³-hybridized carbons (Fsp3) is 0.364. The molecule has 0 aliphatic rings. The van der Waals surface area contributed by atoms with E-state index in [4.69, 9.17) is 9.84 Å². The van der Waals surface area contributed by atoms with E-state index in [-0.39, 0.29) is 18.9 Å². The Morgan fingerprint density at radius 3 is 2.94 bits per heavy atom. The van der Waals surface area contributed by atoms with Gasteiger partial charge in [-0.25, -0.2) is 0 Å². The van der Waals surface area contributed by atoms with E-state index in [1.165, 1.54) is 6.20 Å². The fourth-order valence-corrected chi connectivity index (χ4v) is 1.10. The number of carboxylic acid groups (broad SMARTS) is 1. The molecule has 0 saturated heterocycles. The molecule has 6 heteroatoms. The van der Waals surface area contributed by atoms with Crippen LogP contribution in [-0.4, -0.2) is 35.1 Å². The Balaban J connectivity index is 2.11. The van der Waals surface area contributed by atoms with Crippen molar-refractivity contribution in [3.05, 3.63) is 24.5 Å². The van der Waals surface area contributed by atoms with Gasteiger partial charge < -0.3 is 15.2 Å². The molecule has 0 saturated carbocycles. The summed E-state index contributed by atoms with van der Waals surface area (Å²) in [5, 5.41) is 10.9. The second-order valence-corrected chi connectivity index (χ2v) is 3.32. The summed E-state index contributed by atoms with van der Waals surface area (Å²) in [4.78, 5) is 25.3. The van der Waals surface area contributed by atoms with Gasteiger partial charge in [-0.15, -0.1) is 0 Å². The van der Waals surface area contributed by atoms with Crippen LogP contribution in [0.2, 0.25) is 0 Å². The zero-order chi connectivity index (χ0) is 12.5. The summed E-state index contributed by atoms with van der Waals surface area (Å²) >= 11 is 0. The van der Waals surface area contributed by atoms with Crippen LogP contribution in [0.25, 0.3) is 0 Å². The number of ether oxygens (including phenoxy) is 1. The zero-order valence-corrected chi connectivity index (χ0v) is 9.26. The molecule has 0 aliphatic carbocycles. The lowest BCUT2D eigenvalue weighted by Gasteiger charge is -2.06. The SMILES string of the molecule is O=C(O)CCCNC(=O)COc1cccnc1. The second kappa shape index (κ2) is 7.21. The molecule has 1 rings (SSSR count). The number of aliphatic carboxylic acids is 1. The molecule has 0 aromatic carbocycles. The van der Waals surface area contributed by atoms with Crippen LogP contribution in [0.15, 0.2) is 24.5 Å². The summed E-state index contributed by atoms with van der Waals surface area (Å²) in [6, 6.07) is 3.41. The lowest BCUT2D eigenvalue weighted by Crippen LogP contribution is -2.29. The van der Waals surface area contributed by atoms with Crippen molar-refractivity contribution in [1.82, 2.24) is 10.3 Å². The van der Waals surface area contributed by atoms with Gasteiger partial charge in [0, 0.05) is 19.2 Å². The van der Waals surface area contributed by atoms with Gasteiger partial charge >= 0.3 is 5.97 Å². The van der Waals surface area contributed by atoms with Crippen molar-refractivity contribution in [3.8, 4) is 5.75 Å². The van der Waals surface area contributed by atoms with E-state index >= 15 is 0 Å². The number of hydrogen-bond donors (Lipinski definition) is 2. The number of carboxylic acids is 1. The van der Waals surface area contributed by atoms with Crippen molar-refractivity contribution in [2.75, 3.05) is 13.2 Å². The van der Waals surface area contributed by atoms with Crippen LogP contribution < -0.4 is 10.1 Å². The Kier molecular flexibility index (Phi) is 5.50. The molecule has 2 N–H and O–H groups in total. The van der Waals surface area contributed by atoms with Gasteiger partial charge in [-0.05, 0) is 18.6 Å². The first-order valence-corrected chi connectivity index (χ1v) is 5.20. The third-order valence-corrected chi connectivity index (χ3v) is 1.89. The first kappa shape index (κ1) is 13.0. The van der Waals surface area contributed by atoms with E-state index in [1.807, 2.05) is 0 Å². The van der Waals surface area contributed by atoms with Crippen LogP contribution >= 0.6 is 0 Å². The van der Waals surface area contributed by atoms with Crippen molar-refractivity contribution in [1.29, 1.82) is 0 Å². The maximum absolute atomic E-state index is 11.3. The number of carbonyl (C=O) groups excluding carboxylic acids is 1. The third-order valence-electron chi connectivity index (χ3n) is 1.89. The molecule has 1 aromatic rings. The normalized spacial score (nSPS) is 9.65. The Morgan fingerprint density at radius 2 is 2.29 bits per heavy atom. The third kappa shape index (κ3) is 6.14. The Bertz CT molecular complexity index is 367. The monoisotopic (exact) mass is 238 g/mol. The molecular weight excluding hydrogens is 224 g/mol. The summed E-state index contributed by atoms with van der Waals surface area (Å²) in [6.07, 6.45) is 3.58. The highest BCUT2D eigenvalue weighted by molar-refractivity contribution is 5.77. The molecule has 0 fully saturated rings. The van der Waals surface area contributed by atoms with Crippen LogP contribution in [0.4, 0.5) is 0 Å². The quantitative estimate of drug-likeness (QED) is 0.673. The number of nitrogens with zero attached hydrogens (tertiary/aromatic N) is 1. The highest BCUT2D eigenvalue weighted by Crippen LogP contribution is 2.05. The van der Waals surface area contributed by atoms with Gasteiger partial charge in [0.1, 0.15) is 5.75 Å². The maximum Gasteiger partial charge on any atom is 0.303 e. The summed E-state index contributed by atoms with van der Waals surface area (Å²) < 4.78 is 5.16. The molecule has 1 amide bonds. The summed E-state index contributed by atoms with van der Waals surface area (Å²) in [7, 11) is 0. The van der Waals surface area contributed by atoms with E-state index in [0.717, 1.165) is 0 Å². The largest absolute Gasteiger partial charge is 0.482 e. The Hall–Kier alpha value is -2.11. The van der Waals surface area contributed by atoms with Crippen LogP contribution in [-0.2, 0) is 9.59 Å². The molecule has 0 bridgehead atoms. The van der Waals surface area contributed by atoms with Crippen molar-refractivity contribution >= 4 is 11.9 Å². The van der Waals surface area contributed by atoms with Gasteiger partial charge in [0.05, 0.1) is 6.20 Å². The van der Waals surface area contributed by atoms with Gasteiger partial charge in [0.25, 0.3) is 5.91 Å². The molecule has 0 atom stereocenters. The minimum absolute atomic E-state index is 0.0454. The molecule has 0 radical (unpaired) electrons. The maximum atomic E-state index is 11.3. The van der Waals surface area contributed by atoms with E-state index in [9.17, 15) is 9.59 Å². The second-order valence-electron chi connectivity index (χ2n) is 3.32. The lowest BCUT2D eigenvalue weighted by molar-refractivity contribution is -0.137. The summed E-state index contributed by atoms with van der Waals surface area (Å²) in [5.74, 6) is -0.627. The van der Waals surface area contributed by atoms with Crippen LogP contribution in [0.5, 0.6) is 5.75 Å². The van der Waals surface area contributed by atoms with Crippen LogP contribution in [0, 0.1) is 0 Å². The van der Waals surface area contributed by atoms with E-state index in [1.54, 1.807) is 18.3 Å². The van der Waals surface area contributed by atoms with Crippen molar-refractivity contribution in [2.45, 2.75) is 12.8 Å². The van der Waals surface area contributed by atoms with Gasteiger partial charge in [-0.1, -0.05) is 0 Å².